The van der Waals surface area contributed by atoms with Crippen LogP contribution < -0.4 is 4.90 Å². The summed E-state index contributed by atoms with van der Waals surface area (Å²) in [4.78, 5) is 33.1. The van der Waals surface area contributed by atoms with Gasteiger partial charge in [-0.1, -0.05) is 42.8 Å². The van der Waals surface area contributed by atoms with Crippen molar-refractivity contribution in [2.75, 3.05) is 11.4 Å². The Balaban J connectivity index is 1.45. The molecule has 0 unspecified atom stereocenters. The number of carbonyl (C=O) groups excluding carboxylic acids is 2. The van der Waals surface area contributed by atoms with Crippen molar-refractivity contribution in [3.63, 3.8) is 0 Å². The SMILES string of the molecule is C[C@@H](OC(=O)c1c2c(nc3ccccc13)CCCCC2)C(=O)N1CCc2ccccc21. The zero-order chi connectivity index (χ0) is 21.4. The summed E-state index contributed by atoms with van der Waals surface area (Å²) in [6, 6.07) is 15.6. The van der Waals surface area contributed by atoms with Crippen molar-refractivity contribution >= 4 is 28.5 Å². The van der Waals surface area contributed by atoms with E-state index in [4.69, 9.17) is 9.72 Å². The number of amides is 1. The maximum absolute atomic E-state index is 13.4. The Kier molecular flexibility index (Phi) is 5.18. The summed E-state index contributed by atoms with van der Waals surface area (Å²) in [6.45, 7) is 2.29. The van der Waals surface area contributed by atoms with Gasteiger partial charge < -0.3 is 9.64 Å². The third-order valence-electron chi connectivity index (χ3n) is 6.41. The average Bonchev–Trinajstić information content (AvgIpc) is 3.08. The number of aryl methyl sites for hydroxylation is 1. The summed E-state index contributed by atoms with van der Waals surface area (Å²) in [5, 5.41) is 0.805. The number of anilines is 1. The molecule has 3 aromatic rings. The molecule has 1 amide bonds. The van der Waals surface area contributed by atoms with Crippen molar-refractivity contribution in [1.29, 1.82) is 0 Å². The molecule has 0 bridgehead atoms. The highest BCUT2D eigenvalue weighted by atomic mass is 16.5. The van der Waals surface area contributed by atoms with E-state index in [0.717, 1.165) is 71.9 Å². The standard InChI is InChI=1S/C26H26N2O3/c1-17(25(29)28-16-15-18-9-5-8-14-23(18)28)31-26(30)24-19-10-3-2-4-12-21(19)27-22-13-7-6-11-20(22)24/h5-9,11,13-14,17H,2-4,10,12,15-16H2,1H3/t17-/m1/s1. The number of nitrogens with zero attached hydrogens (tertiary/aromatic N) is 2. The number of carbonyl (C=O) groups is 2. The minimum atomic E-state index is -0.855. The molecule has 0 N–H and O–H groups in total. The summed E-state index contributed by atoms with van der Waals surface area (Å²) >= 11 is 0. The second-order valence-corrected chi connectivity index (χ2v) is 8.41. The Morgan fingerprint density at radius 3 is 2.65 bits per heavy atom. The summed E-state index contributed by atoms with van der Waals surface area (Å²) < 4.78 is 5.78. The van der Waals surface area contributed by atoms with Gasteiger partial charge in [-0.3, -0.25) is 9.78 Å². The van der Waals surface area contributed by atoms with Crippen LogP contribution in [0.4, 0.5) is 5.69 Å². The van der Waals surface area contributed by atoms with E-state index in [1.165, 1.54) is 0 Å². The lowest BCUT2D eigenvalue weighted by Gasteiger charge is -2.22. The van der Waals surface area contributed by atoms with Crippen LogP contribution in [0.2, 0.25) is 0 Å². The molecule has 0 saturated carbocycles. The summed E-state index contributed by atoms with van der Waals surface area (Å²) in [6.07, 6.45) is 4.91. The first-order chi connectivity index (χ1) is 15.1. The van der Waals surface area contributed by atoms with Crippen LogP contribution in [0.25, 0.3) is 10.9 Å². The Labute approximate surface area is 182 Å². The van der Waals surface area contributed by atoms with Gasteiger partial charge in [0.05, 0.1) is 11.1 Å². The highest BCUT2D eigenvalue weighted by Gasteiger charge is 2.31. The van der Waals surface area contributed by atoms with Gasteiger partial charge in [-0.05, 0) is 62.3 Å². The first-order valence-electron chi connectivity index (χ1n) is 11.1. The molecule has 2 aromatic carbocycles. The van der Waals surface area contributed by atoms with Gasteiger partial charge in [-0.15, -0.1) is 0 Å². The monoisotopic (exact) mass is 414 g/mol. The Morgan fingerprint density at radius 1 is 0.968 bits per heavy atom. The maximum Gasteiger partial charge on any atom is 0.339 e. The molecule has 1 atom stereocenters. The Hall–Kier alpha value is -3.21. The predicted octanol–water partition coefficient (Wildman–Crippen LogP) is 4.64. The number of esters is 1. The van der Waals surface area contributed by atoms with Crippen LogP contribution in [0.3, 0.4) is 0 Å². The van der Waals surface area contributed by atoms with Crippen molar-refractivity contribution in [2.24, 2.45) is 0 Å². The summed E-state index contributed by atoms with van der Waals surface area (Å²) in [5.41, 5.74) is 5.45. The molecule has 0 fully saturated rings. The van der Waals surface area contributed by atoms with E-state index in [0.29, 0.717) is 12.1 Å². The van der Waals surface area contributed by atoms with Gasteiger partial charge >= 0.3 is 5.97 Å². The third-order valence-corrected chi connectivity index (χ3v) is 6.41. The highest BCUT2D eigenvalue weighted by Crippen LogP contribution is 2.31. The van der Waals surface area contributed by atoms with Crippen molar-refractivity contribution in [1.82, 2.24) is 4.98 Å². The van der Waals surface area contributed by atoms with Crippen molar-refractivity contribution in [2.45, 2.75) is 51.6 Å². The number of benzene rings is 2. The number of pyridine rings is 1. The van der Waals surface area contributed by atoms with E-state index in [1.807, 2.05) is 48.5 Å². The molecule has 1 aliphatic heterocycles. The van der Waals surface area contributed by atoms with E-state index in [2.05, 4.69) is 0 Å². The molecule has 0 saturated heterocycles. The van der Waals surface area contributed by atoms with Crippen molar-refractivity contribution < 1.29 is 14.3 Å². The van der Waals surface area contributed by atoms with Gasteiger partial charge in [0, 0.05) is 23.3 Å². The Bertz CT molecular complexity index is 1170. The molecule has 2 heterocycles. The molecule has 31 heavy (non-hydrogen) atoms. The number of rotatable bonds is 3. The molecule has 1 aromatic heterocycles. The maximum atomic E-state index is 13.4. The number of hydrogen-bond acceptors (Lipinski definition) is 4. The van der Waals surface area contributed by atoms with Gasteiger partial charge in [0.15, 0.2) is 6.10 Å². The van der Waals surface area contributed by atoms with Crippen LogP contribution in [-0.2, 0) is 28.8 Å². The molecule has 0 radical (unpaired) electrons. The van der Waals surface area contributed by atoms with Gasteiger partial charge in [0.1, 0.15) is 0 Å². The normalized spacial score (nSPS) is 16.4. The topological polar surface area (TPSA) is 59.5 Å². The first kappa shape index (κ1) is 19.7. The quantitative estimate of drug-likeness (QED) is 0.463. The second kappa shape index (κ2) is 8.14. The molecular weight excluding hydrogens is 388 g/mol. The molecule has 1 aliphatic carbocycles. The van der Waals surface area contributed by atoms with Gasteiger partial charge in [0.2, 0.25) is 0 Å². The predicted molar refractivity (Wildman–Crippen MR) is 120 cm³/mol. The molecule has 0 spiro atoms. The van der Waals surface area contributed by atoms with Gasteiger partial charge in [0.25, 0.3) is 5.91 Å². The number of para-hydroxylation sites is 2. The van der Waals surface area contributed by atoms with Crippen LogP contribution in [-0.4, -0.2) is 29.5 Å². The molecule has 158 valence electrons. The fourth-order valence-electron chi connectivity index (χ4n) is 4.84. The lowest BCUT2D eigenvalue weighted by Crippen LogP contribution is -2.39. The van der Waals surface area contributed by atoms with E-state index >= 15 is 0 Å². The van der Waals surface area contributed by atoms with Gasteiger partial charge in [-0.2, -0.15) is 0 Å². The number of fused-ring (bicyclic) bond motifs is 3. The van der Waals surface area contributed by atoms with Crippen LogP contribution in [0.1, 0.15) is 53.4 Å². The van der Waals surface area contributed by atoms with Crippen LogP contribution in [0, 0.1) is 0 Å². The average molecular weight is 415 g/mol. The van der Waals surface area contributed by atoms with Gasteiger partial charge in [-0.25, -0.2) is 4.79 Å². The van der Waals surface area contributed by atoms with E-state index in [-0.39, 0.29) is 5.91 Å². The van der Waals surface area contributed by atoms with Crippen LogP contribution in [0.5, 0.6) is 0 Å². The molecular formula is C26H26N2O3. The molecule has 5 nitrogen and oxygen atoms in total. The van der Waals surface area contributed by atoms with Crippen LogP contribution >= 0.6 is 0 Å². The third kappa shape index (κ3) is 3.58. The highest BCUT2D eigenvalue weighted by molar-refractivity contribution is 6.07. The summed E-state index contributed by atoms with van der Waals surface area (Å²) in [5.74, 6) is -0.604. The lowest BCUT2D eigenvalue weighted by molar-refractivity contribution is -0.126. The number of ether oxygens (including phenoxy) is 1. The van der Waals surface area contributed by atoms with E-state index in [9.17, 15) is 9.59 Å². The first-order valence-corrected chi connectivity index (χ1v) is 11.1. The van der Waals surface area contributed by atoms with E-state index in [1.54, 1.807) is 11.8 Å². The smallest absolute Gasteiger partial charge is 0.339 e. The number of hydrogen-bond donors (Lipinski definition) is 0. The minimum Gasteiger partial charge on any atom is -0.449 e. The minimum absolute atomic E-state index is 0.178. The Morgan fingerprint density at radius 2 is 1.74 bits per heavy atom. The van der Waals surface area contributed by atoms with E-state index < -0.39 is 12.1 Å². The molecule has 5 rings (SSSR count). The van der Waals surface area contributed by atoms with Crippen molar-refractivity contribution in [3.8, 4) is 0 Å². The summed E-state index contributed by atoms with van der Waals surface area (Å²) in [7, 11) is 0. The molecule has 5 heteroatoms. The molecule has 2 aliphatic rings. The zero-order valence-electron chi connectivity index (χ0n) is 17.8. The zero-order valence-corrected chi connectivity index (χ0v) is 17.8. The lowest BCUT2D eigenvalue weighted by atomic mass is 9.97. The fourth-order valence-corrected chi connectivity index (χ4v) is 4.84. The van der Waals surface area contributed by atoms with Crippen LogP contribution in [0.15, 0.2) is 48.5 Å². The largest absolute Gasteiger partial charge is 0.449 e. The fraction of sp³-hybridized carbons (Fsp3) is 0.346. The second-order valence-electron chi connectivity index (χ2n) is 8.41. The number of aromatic nitrogens is 1. The van der Waals surface area contributed by atoms with Crippen molar-refractivity contribution in [3.05, 3.63) is 70.9 Å².